The van der Waals surface area contributed by atoms with Crippen LogP contribution in [0.25, 0.3) is 0 Å². The van der Waals surface area contributed by atoms with Crippen molar-refractivity contribution < 1.29 is 18.7 Å². The molecule has 0 spiro atoms. The molecule has 1 N–H and O–H groups in total. The number of rotatable bonds is 2. The summed E-state index contributed by atoms with van der Waals surface area (Å²) in [5, 5.41) is 3.24. The van der Waals surface area contributed by atoms with E-state index in [2.05, 4.69) is 5.32 Å². The smallest absolute Gasteiger partial charge is 0.374 e. The summed E-state index contributed by atoms with van der Waals surface area (Å²) in [4.78, 5) is 25.7. The number of nitrogens with one attached hydrogen (secondary N) is 1. The van der Waals surface area contributed by atoms with E-state index in [0.717, 1.165) is 5.69 Å². The first kappa shape index (κ1) is 13.2. The molecule has 1 aromatic carbocycles. The predicted molar refractivity (Wildman–Crippen MR) is 74.9 cm³/mol. The molecule has 21 heavy (non-hydrogen) atoms. The molecule has 2 heterocycles. The molecule has 0 saturated heterocycles. The molecule has 0 aliphatic carbocycles. The molecule has 108 valence electrons. The second-order valence-electron chi connectivity index (χ2n) is 4.71. The van der Waals surface area contributed by atoms with E-state index in [1.807, 2.05) is 18.2 Å². The molecule has 1 atom stereocenters. The molecule has 1 aromatic heterocycles. The Hall–Kier alpha value is -2.76. The van der Waals surface area contributed by atoms with Crippen molar-refractivity contribution in [2.24, 2.45) is 0 Å². The Bertz CT molecular complexity index is 707. The third kappa shape index (κ3) is 2.05. The van der Waals surface area contributed by atoms with Gasteiger partial charge in [-0.15, -0.1) is 0 Å². The van der Waals surface area contributed by atoms with Crippen LogP contribution in [0.5, 0.6) is 0 Å². The van der Waals surface area contributed by atoms with Crippen molar-refractivity contribution in [1.29, 1.82) is 0 Å². The van der Waals surface area contributed by atoms with Crippen LogP contribution in [0.4, 0.5) is 5.69 Å². The Morgan fingerprint density at radius 1 is 1.33 bits per heavy atom. The summed E-state index contributed by atoms with van der Waals surface area (Å²) in [6, 6.07) is 8.89. The molecule has 3 rings (SSSR count). The predicted octanol–water partition coefficient (Wildman–Crippen LogP) is 2.26. The second-order valence-corrected chi connectivity index (χ2v) is 4.71. The van der Waals surface area contributed by atoms with Gasteiger partial charge in [0.15, 0.2) is 0 Å². The van der Waals surface area contributed by atoms with Crippen molar-refractivity contribution in [1.82, 2.24) is 4.90 Å². The van der Waals surface area contributed by atoms with Gasteiger partial charge < -0.3 is 19.4 Å². The highest BCUT2D eigenvalue weighted by molar-refractivity contribution is 6.01. The number of anilines is 1. The number of benzene rings is 1. The van der Waals surface area contributed by atoms with Gasteiger partial charge in [0, 0.05) is 18.3 Å². The summed E-state index contributed by atoms with van der Waals surface area (Å²) in [7, 11) is 2.96. The van der Waals surface area contributed by atoms with Gasteiger partial charge in [0.25, 0.3) is 5.91 Å². The lowest BCUT2D eigenvalue weighted by Gasteiger charge is -2.35. The Morgan fingerprint density at radius 2 is 2.10 bits per heavy atom. The number of methoxy groups -OCH3 is 1. The van der Waals surface area contributed by atoms with Gasteiger partial charge in [-0.25, -0.2) is 4.79 Å². The molecule has 1 aliphatic rings. The molecule has 2 aromatic rings. The third-order valence-corrected chi connectivity index (χ3v) is 3.52. The van der Waals surface area contributed by atoms with Crippen molar-refractivity contribution in [3.63, 3.8) is 0 Å². The molecule has 0 saturated carbocycles. The van der Waals surface area contributed by atoms with E-state index in [0.29, 0.717) is 11.1 Å². The van der Waals surface area contributed by atoms with Crippen LogP contribution < -0.4 is 5.32 Å². The van der Waals surface area contributed by atoms with Crippen molar-refractivity contribution in [3.8, 4) is 0 Å². The fourth-order valence-corrected chi connectivity index (χ4v) is 2.43. The number of para-hydroxylation sites is 1. The molecule has 0 unspecified atom stereocenters. The fraction of sp³-hybridized carbons (Fsp3) is 0.200. The number of ether oxygens (including phenoxy) is 1. The molecule has 0 bridgehead atoms. The number of hydrogen-bond acceptors (Lipinski definition) is 5. The zero-order valence-corrected chi connectivity index (χ0v) is 11.6. The van der Waals surface area contributed by atoms with E-state index in [-0.39, 0.29) is 11.7 Å². The maximum atomic E-state index is 12.4. The fourth-order valence-electron chi connectivity index (χ4n) is 2.43. The van der Waals surface area contributed by atoms with E-state index in [1.165, 1.54) is 18.3 Å². The standard InChI is InChI=1S/C15H14N2O4/c1-17-13(10-7-8-21-12(10)15(19)20-2)16-11-6-4-3-5-9(11)14(17)18/h3-8,13,16H,1-2H3/t13-/m0/s1. The van der Waals surface area contributed by atoms with Crippen LogP contribution >= 0.6 is 0 Å². The van der Waals surface area contributed by atoms with E-state index in [4.69, 9.17) is 9.15 Å². The summed E-state index contributed by atoms with van der Waals surface area (Å²) in [6.07, 6.45) is 0.919. The normalized spacial score (nSPS) is 17.1. The molecular weight excluding hydrogens is 272 g/mol. The minimum atomic E-state index is -0.573. The van der Waals surface area contributed by atoms with Gasteiger partial charge in [0.1, 0.15) is 6.17 Å². The van der Waals surface area contributed by atoms with Crippen LogP contribution in [0.1, 0.15) is 32.6 Å². The molecule has 6 nitrogen and oxygen atoms in total. The maximum absolute atomic E-state index is 12.4. The molecule has 1 aliphatic heterocycles. The molecule has 1 amide bonds. The minimum Gasteiger partial charge on any atom is -0.463 e. The quantitative estimate of drug-likeness (QED) is 0.857. The highest BCUT2D eigenvalue weighted by Gasteiger charge is 2.33. The molecule has 0 radical (unpaired) electrons. The van der Waals surface area contributed by atoms with Crippen molar-refractivity contribution in [2.45, 2.75) is 6.17 Å². The average molecular weight is 286 g/mol. The van der Waals surface area contributed by atoms with Gasteiger partial charge in [-0.1, -0.05) is 12.1 Å². The third-order valence-electron chi connectivity index (χ3n) is 3.52. The first-order valence-corrected chi connectivity index (χ1v) is 6.42. The van der Waals surface area contributed by atoms with E-state index in [9.17, 15) is 9.59 Å². The topological polar surface area (TPSA) is 71.8 Å². The maximum Gasteiger partial charge on any atom is 0.374 e. The zero-order chi connectivity index (χ0) is 15.0. The monoisotopic (exact) mass is 286 g/mol. The number of fused-ring (bicyclic) bond motifs is 1. The Labute approximate surface area is 121 Å². The van der Waals surface area contributed by atoms with Crippen LogP contribution in [-0.4, -0.2) is 30.9 Å². The Balaban J connectivity index is 2.03. The van der Waals surface area contributed by atoms with Crippen molar-refractivity contribution in [3.05, 3.63) is 53.5 Å². The van der Waals surface area contributed by atoms with Gasteiger partial charge in [0.2, 0.25) is 5.76 Å². The SMILES string of the molecule is COC(=O)c1occc1[C@H]1Nc2ccccc2C(=O)N1C. The highest BCUT2D eigenvalue weighted by atomic mass is 16.5. The number of carbonyl (C=O) groups excluding carboxylic acids is 2. The van der Waals surface area contributed by atoms with Crippen LogP contribution in [-0.2, 0) is 4.74 Å². The number of amides is 1. The number of hydrogen-bond donors (Lipinski definition) is 1. The minimum absolute atomic E-state index is 0.0917. The van der Waals surface area contributed by atoms with Gasteiger partial charge in [-0.3, -0.25) is 4.79 Å². The van der Waals surface area contributed by atoms with E-state index < -0.39 is 12.1 Å². The lowest BCUT2D eigenvalue weighted by atomic mass is 10.0. The van der Waals surface area contributed by atoms with E-state index in [1.54, 1.807) is 19.2 Å². The molecular formula is C15H14N2O4. The summed E-state index contributed by atoms with van der Waals surface area (Å²) < 4.78 is 9.88. The lowest BCUT2D eigenvalue weighted by molar-refractivity contribution is 0.0555. The Kier molecular flexibility index (Phi) is 3.13. The Morgan fingerprint density at radius 3 is 2.86 bits per heavy atom. The van der Waals surface area contributed by atoms with Gasteiger partial charge in [0.05, 0.1) is 18.9 Å². The summed E-state index contributed by atoms with van der Waals surface area (Å²) in [6.45, 7) is 0. The first-order chi connectivity index (χ1) is 10.1. The summed E-state index contributed by atoms with van der Waals surface area (Å²) in [5.74, 6) is -0.600. The highest BCUT2D eigenvalue weighted by Crippen LogP contribution is 2.33. The van der Waals surface area contributed by atoms with Crippen molar-refractivity contribution in [2.75, 3.05) is 19.5 Å². The van der Waals surface area contributed by atoms with E-state index >= 15 is 0 Å². The number of carbonyl (C=O) groups is 2. The summed E-state index contributed by atoms with van der Waals surface area (Å²) in [5.41, 5.74) is 1.88. The first-order valence-electron chi connectivity index (χ1n) is 6.42. The number of nitrogens with zero attached hydrogens (tertiary/aromatic N) is 1. The van der Waals surface area contributed by atoms with Crippen molar-refractivity contribution >= 4 is 17.6 Å². The average Bonchev–Trinajstić information content (AvgIpc) is 2.99. The lowest BCUT2D eigenvalue weighted by Crippen LogP contribution is -2.40. The second kappa shape index (κ2) is 4.97. The van der Waals surface area contributed by atoms with Gasteiger partial charge in [-0.2, -0.15) is 0 Å². The van der Waals surface area contributed by atoms with Crippen LogP contribution in [0.2, 0.25) is 0 Å². The molecule has 0 fully saturated rings. The summed E-state index contributed by atoms with van der Waals surface area (Å²) >= 11 is 0. The number of furan rings is 1. The van der Waals surface area contributed by atoms with Gasteiger partial charge in [-0.05, 0) is 18.2 Å². The van der Waals surface area contributed by atoms with Gasteiger partial charge >= 0.3 is 5.97 Å². The van der Waals surface area contributed by atoms with Crippen LogP contribution in [0.3, 0.4) is 0 Å². The van der Waals surface area contributed by atoms with Crippen LogP contribution in [0.15, 0.2) is 41.0 Å². The largest absolute Gasteiger partial charge is 0.463 e. The van der Waals surface area contributed by atoms with Crippen LogP contribution in [0, 0.1) is 0 Å². The molecule has 6 heteroatoms. The zero-order valence-electron chi connectivity index (χ0n) is 11.6. The number of esters is 1.